The summed E-state index contributed by atoms with van der Waals surface area (Å²) < 4.78 is 40.5. The van der Waals surface area contributed by atoms with Crippen LogP contribution in [0.4, 0.5) is 13.2 Å². The first-order chi connectivity index (χ1) is 8.89. The number of hydrogen-bond acceptors (Lipinski definition) is 2. The zero-order valence-electron chi connectivity index (χ0n) is 12.4. The summed E-state index contributed by atoms with van der Waals surface area (Å²) >= 11 is 0. The Morgan fingerprint density at radius 1 is 1.05 bits per heavy atom. The van der Waals surface area contributed by atoms with Crippen molar-refractivity contribution in [3.05, 3.63) is 0 Å². The third-order valence-corrected chi connectivity index (χ3v) is 3.62. The lowest BCUT2D eigenvalue weighted by Crippen LogP contribution is -2.32. The summed E-state index contributed by atoms with van der Waals surface area (Å²) in [4.78, 5) is 0. The maximum absolute atomic E-state index is 11.9. The molecule has 0 fully saturated rings. The van der Waals surface area contributed by atoms with Crippen LogP contribution < -0.4 is 5.32 Å². The van der Waals surface area contributed by atoms with Crippen molar-refractivity contribution in [1.29, 1.82) is 0 Å². The van der Waals surface area contributed by atoms with Gasteiger partial charge in [-0.25, -0.2) is 0 Å². The second-order valence-corrected chi connectivity index (χ2v) is 5.26. The molecule has 0 heterocycles. The third kappa shape index (κ3) is 9.27. The average molecular weight is 283 g/mol. The standard InChI is InChI=1S/C14H28F3NO/c1-4-6-8-13(5-2,11-18-3)9-7-10-19-12-14(15,16)17/h18H,4-12H2,1-3H3. The van der Waals surface area contributed by atoms with Gasteiger partial charge < -0.3 is 10.1 Å². The zero-order chi connectivity index (χ0) is 14.8. The van der Waals surface area contributed by atoms with Gasteiger partial charge in [-0.2, -0.15) is 13.2 Å². The van der Waals surface area contributed by atoms with Gasteiger partial charge in [0.2, 0.25) is 0 Å². The number of hydrogen-bond donors (Lipinski definition) is 1. The maximum Gasteiger partial charge on any atom is 0.411 e. The van der Waals surface area contributed by atoms with E-state index in [1.54, 1.807) is 0 Å². The molecule has 0 saturated heterocycles. The first kappa shape index (κ1) is 18.7. The normalized spacial score (nSPS) is 15.5. The summed E-state index contributed by atoms with van der Waals surface area (Å²) in [6, 6.07) is 0. The molecular weight excluding hydrogens is 255 g/mol. The highest BCUT2D eigenvalue weighted by atomic mass is 19.4. The molecule has 0 amide bonds. The molecule has 1 unspecified atom stereocenters. The van der Waals surface area contributed by atoms with Crippen LogP contribution in [0.15, 0.2) is 0 Å². The van der Waals surface area contributed by atoms with E-state index >= 15 is 0 Å². The van der Waals surface area contributed by atoms with Crippen molar-refractivity contribution in [3.8, 4) is 0 Å². The van der Waals surface area contributed by atoms with E-state index in [1.807, 2.05) is 7.05 Å². The minimum Gasteiger partial charge on any atom is -0.372 e. The van der Waals surface area contributed by atoms with E-state index in [0.29, 0.717) is 6.42 Å². The second-order valence-electron chi connectivity index (χ2n) is 5.26. The fourth-order valence-electron chi connectivity index (χ4n) is 2.44. The average Bonchev–Trinajstić information content (AvgIpc) is 2.34. The predicted octanol–water partition coefficient (Wildman–Crippen LogP) is 4.15. The first-order valence-electron chi connectivity index (χ1n) is 7.18. The molecule has 0 aromatic carbocycles. The van der Waals surface area contributed by atoms with E-state index in [1.165, 1.54) is 6.42 Å². The van der Waals surface area contributed by atoms with Crippen LogP contribution in [0.1, 0.15) is 52.4 Å². The van der Waals surface area contributed by atoms with Crippen molar-refractivity contribution in [2.45, 2.75) is 58.5 Å². The number of ether oxygens (including phenoxy) is 1. The molecule has 116 valence electrons. The van der Waals surface area contributed by atoms with Crippen LogP contribution in [-0.2, 0) is 4.74 Å². The summed E-state index contributed by atoms with van der Waals surface area (Å²) in [5.74, 6) is 0. The van der Waals surface area contributed by atoms with Gasteiger partial charge in [-0.05, 0) is 38.1 Å². The predicted molar refractivity (Wildman–Crippen MR) is 72.3 cm³/mol. The summed E-state index contributed by atoms with van der Waals surface area (Å²) in [5, 5.41) is 3.21. The molecule has 0 aromatic rings. The molecule has 0 saturated carbocycles. The summed E-state index contributed by atoms with van der Waals surface area (Å²) in [6.45, 7) is 4.29. The highest BCUT2D eigenvalue weighted by Gasteiger charge is 2.28. The van der Waals surface area contributed by atoms with Gasteiger partial charge in [-0.3, -0.25) is 0 Å². The van der Waals surface area contributed by atoms with Crippen LogP contribution in [-0.4, -0.2) is 33.0 Å². The molecule has 0 aliphatic carbocycles. The monoisotopic (exact) mass is 283 g/mol. The molecule has 2 nitrogen and oxygen atoms in total. The minimum atomic E-state index is -4.21. The minimum absolute atomic E-state index is 0.192. The lowest BCUT2D eigenvalue weighted by molar-refractivity contribution is -0.174. The smallest absolute Gasteiger partial charge is 0.372 e. The van der Waals surface area contributed by atoms with Crippen molar-refractivity contribution in [2.24, 2.45) is 5.41 Å². The topological polar surface area (TPSA) is 21.3 Å². The largest absolute Gasteiger partial charge is 0.411 e. The molecule has 1 atom stereocenters. The van der Waals surface area contributed by atoms with Crippen molar-refractivity contribution in [2.75, 3.05) is 26.8 Å². The van der Waals surface area contributed by atoms with E-state index in [4.69, 9.17) is 0 Å². The first-order valence-corrected chi connectivity index (χ1v) is 7.18. The van der Waals surface area contributed by atoms with Crippen LogP contribution in [0.5, 0.6) is 0 Å². The second kappa shape index (κ2) is 9.59. The van der Waals surface area contributed by atoms with E-state index < -0.39 is 12.8 Å². The Morgan fingerprint density at radius 2 is 1.68 bits per heavy atom. The zero-order valence-corrected chi connectivity index (χ0v) is 12.4. The highest BCUT2D eigenvalue weighted by molar-refractivity contribution is 4.80. The van der Waals surface area contributed by atoms with Crippen molar-refractivity contribution >= 4 is 0 Å². The van der Waals surface area contributed by atoms with Gasteiger partial charge in [-0.15, -0.1) is 0 Å². The SMILES string of the molecule is CCCCC(CC)(CCCOCC(F)(F)F)CNC. The van der Waals surface area contributed by atoms with E-state index in [-0.39, 0.29) is 12.0 Å². The van der Waals surface area contributed by atoms with E-state index in [2.05, 4.69) is 23.9 Å². The Hall–Kier alpha value is -0.290. The number of alkyl halides is 3. The Labute approximate surface area is 115 Å². The van der Waals surface area contributed by atoms with Crippen LogP contribution in [0.3, 0.4) is 0 Å². The Bertz CT molecular complexity index is 221. The number of nitrogens with one attached hydrogen (secondary N) is 1. The van der Waals surface area contributed by atoms with Crippen molar-refractivity contribution in [1.82, 2.24) is 5.32 Å². The molecule has 19 heavy (non-hydrogen) atoms. The van der Waals surface area contributed by atoms with E-state index in [9.17, 15) is 13.2 Å². The van der Waals surface area contributed by atoms with Crippen molar-refractivity contribution < 1.29 is 17.9 Å². The quantitative estimate of drug-likeness (QED) is 0.575. The molecule has 0 rings (SSSR count). The number of unbranched alkanes of at least 4 members (excludes halogenated alkanes) is 1. The highest BCUT2D eigenvalue weighted by Crippen LogP contribution is 2.33. The van der Waals surface area contributed by atoms with Crippen molar-refractivity contribution in [3.63, 3.8) is 0 Å². The molecule has 0 aliphatic heterocycles. The Morgan fingerprint density at radius 3 is 2.16 bits per heavy atom. The maximum atomic E-state index is 11.9. The number of halogens is 3. The van der Waals surface area contributed by atoms with Gasteiger partial charge in [0.05, 0.1) is 0 Å². The molecule has 0 bridgehead atoms. The Balaban J connectivity index is 4.04. The molecule has 5 heteroatoms. The Kier molecular flexibility index (Phi) is 9.44. The summed E-state index contributed by atoms with van der Waals surface area (Å²) in [7, 11) is 1.93. The van der Waals surface area contributed by atoms with Crippen LogP contribution in [0.25, 0.3) is 0 Å². The van der Waals surface area contributed by atoms with Gasteiger partial charge >= 0.3 is 6.18 Å². The van der Waals surface area contributed by atoms with Gasteiger partial charge in [0.15, 0.2) is 0 Å². The molecule has 0 aromatic heterocycles. The van der Waals surface area contributed by atoms with Gasteiger partial charge in [0, 0.05) is 13.2 Å². The van der Waals surface area contributed by atoms with Gasteiger partial charge in [-0.1, -0.05) is 26.7 Å². The fraction of sp³-hybridized carbons (Fsp3) is 1.00. The van der Waals surface area contributed by atoms with Gasteiger partial charge in [0.25, 0.3) is 0 Å². The van der Waals surface area contributed by atoms with Crippen LogP contribution >= 0.6 is 0 Å². The van der Waals surface area contributed by atoms with Crippen LogP contribution in [0.2, 0.25) is 0 Å². The lowest BCUT2D eigenvalue weighted by atomic mass is 9.76. The molecule has 1 N–H and O–H groups in total. The summed E-state index contributed by atoms with van der Waals surface area (Å²) in [6.07, 6.45) is 1.88. The molecule has 0 spiro atoms. The third-order valence-electron chi connectivity index (χ3n) is 3.62. The molecule has 0 radical (unpaired) electrons. The molecular formula is C14H28F3NO. The summed E-state index contributed by atoms with van der Waals surface area (Å²) in [5.41, 5.74) is 0.201. The molecule has 0 aliphatic rings. The fourth-order valence-corrected chi connectivity index (χ4v) is 2.44. The van der Waals surface area contributed by atoms with E-state index in [0.717, 1.165) is 32.2 Å². The lowest BCUT2D eigenvalue weighted by Gasteiger charge is -2.33. The van der Waals surface area contributed by atoms with Crippen LogP contribution in [0, 0.1) is 5.41 Å². The number of rotatable bonds is 11. The van der Waals surface area contributed by atoms with Gasteiger partial charge in [0.1, 0.15) is 6.61 Å².